The minimum Gasteiger partial charge on any atom is -0.379 e. The van der Waals surface area contributed by atoms with Crippen LogP contribution < -0.4 is 4.90 Å². The quantitative estimate of drug-likeness (QED) is 0.402. The Morgan fingerprint density at radius 2 is 1.76 bits per heavy atom. The van der Waals surface area contributed by atoms with Crippen LogP contribution >= 0.6 is 0 Å². The van der Waals surface area contributed by atoms with Crippen LogP contribution in [0.25, 0.3) is 0 Å². The Kier molecular flexibility index (Phi) is 8.53. The standard InChI is InChI=1S/C23H36N4O6S/c1-17(2)16-26(18(3)4)23(28)19-7-9-24(10-8-19)21-6-5-20(15-22(21)27(29)30)34(31,32)25-11-13-33-14-12-25/h5-6,15,17-19H,7-14,16H2,1-4H3. The summed E-state index contributed by atoms with van der Waals surface area (Å²) in [4.78, 5) is 28.2. The zero-order valence-electron chi connectivity index (χ0n) is 20.5. The maximum Gasteiger partial charge on any atom is 0.293 e. The number of benzene rings is 1. The van der Waals surface area contributed by atoms with E-state index in [2.05, 4.69) is 13.8 Å². The Labute approximate surface area is 202 Å². The molecule has 2 fully saturated rings. The van der Waals surface area contributed by atoms with E-state index in [1.54, 1.807) is 0 Å². The van der Waals surface area contributed by atoms with E-state index in [1.165, 1.54) is 16.4 Å². The van der Waals surface area contributed by atoms with Gasteiger partial charge in [-0.05, 0) is 44.7 Å². The molecule has 0 radical (unpaired) electrons. The average Bonchev–Trinajstić information content (AvgIpc) is 2.82. The lowest BCUT2D eigenvalue weighted by Gasteiger charge is -2.37. The van der Waals surface area contributed by atoms with Crippen LogP contribution in [-0.4, -0.2) is 80.4 Å². The van der Waals surface area contributed by atoms with Crippen molar-refractivity contribution in [3.8, 4) is 0 Å². The number of nitro benzene ring substituents is 1. The van der Waals surface area contributed by atoms with Crippen molar-refractivity contribution in [2.45, 2.75) is 51.5 Å². The van der Waals surface area contributed by atoms with Crippen LogP contribution in [0.15, 0.2) is 23.1 Å². The van der Waals surface area contributed by atoms with E-state index in [1.807, 2.05) is 23.6 Å². The summed E-state index contributed by atoms with van der Waals surface area (Å²) in [6.07, 6.45) is 1.20. The molecule has 0 aliphatic carbocycles. The highest BCUT2D eigenvalue weighted by molar-refractivity contribution is 7.89. The third kappa shape index (κ3) is 5.87. The van der Waals surface area contributed by atoms with Gasteiger partial charge in [-0.1, -0.05) is 13.8 Å². The van der Waals surface area contributed by atoms with E-state index in [0.29, 0.717) is 57.3 Å². The molecule has 0 bridgehead atoms. The van der Waals surface area contributed by atoms with E-state index < -0.39 is 14.9 Å². The fourth-order valence-electron chi connectivity index (χ4n) is 4.56. The predicted molar refractivity (Wildman–Crippen MR) is 129 cm³/mol. The van der Waals surface area contributed by atoms with Gasteiger partial charge < -0.3 is 14.5 Å². The molecule has 0 aromatic heterocycles. The number of hydrogen-bond donors (Lipinski definition) is 0. The average molecular weight is 497 g/mol. The van der Waals surface area contributed by atoms with Crippen molar-refractivity contribution >= 4 is 27.3 Å². The van der Waals surface area contributed by atoms with Crippen LogP contribution in [0.2, 0.25) is 0 Å². The van der Waals surface area contributed by atoms with Gasteiger partial charge in [0.25, 0.3) is 5.69 Å². The van der Waals surface area contributed by atoms with E-state index in [0.717, 1.165) is 6.07 Å². The first-order valence-corrected chi connectivity index (χ1v) is 13.4. The third-order valence-electron chi connectivity index (χ3n) is 6.40. The molecule has 10 nitrogen and oxygen atoms in total. The smallest absolute Gasteiger partial charge is 0.293 e. The Morgan fingerprint density at radius 1 is 1.15 bits per heavy atom. The molecule has 3 rings (SSSR count). The second kappa shape index (κ2) is 11.0. The summed E-state index contributed by atoms with van der Waals surface area (Å²) in [5, 5.41) is 11.8. The molecule has 2 aliphatic heterocycles. The largest absolute Gasteiger partial charge is 0.379 e. The summed E-state index contributed by atoms with van der Waals surface area (Å²) in [5.41, 5.74) is 0.155. The van der Waals surface area contributed by atoms with Gasteiger partial charge in [-0.3, -0.25) is 14.9 Å². The third-order valence-corrected chi connectivity index (χ3v) is 8.30. The van der Waals surface area contributed by atoms with Crippen molar-refractivity contribution < 1.29 is 22.9 Å². The van der Waals surface area contributed by atoms with Crippen LogP contribution in [0.4, 0.5) is 11.4 Å². The molecule has 0 unspecified atom stereocenters. The first kappa shape index (κ1) is 26.4. The first-order valence-electron chi connectivity index (χ1n) is 11.9. The zero-order valence-corrected chi connectivity index (χ0v) is 21.3. The molecule has 1 aromatic carbocycles. The highest BCUT2D eigenvalue weighted by atomic mass is 32.2. The van der Waals surface area contributed by atoms with Crippen molar-refractivity contribution in [1.82, 2.24) is 9.21 Å². The molecular formula is C23H36N4O6S. The Morgan fingerprint density at radius 3 is 2.29 bits per heavy atom. The summed E-state index contributed by atoms with van der Waals surface area (Å²) in [6, 6.07) is 4.23. The first-order chi connectivity index (χ1) is 16.0. The Hall–Kier alpha value is -2.24. The second-order valence-electron chi connectivity index (χ2n) is 9.66. The highest BCUT2D eigenvalue weighted by Gasteiger charge is 2.33. The fourth-order valence-corrected chi connectivity index (χ4v) is 5.99. The highest BCUT2D eigenvalue weighted by Crippen LogP contribution is 2.35. The van der Waals surface area contributed by atoms with Crippen molar-refractivity contribution in [3.05, 3.63) is 28.3 Å². The summed E-state index contributed by atoms with van der Waals surface area (Å²) >= 11 is 0. The number of amides is 1. The Balaban J connectivity index is 1.76. The van der Waals surface area contributed by atoms with Gasteiger partial charge >= 0.3 is 0 Å². The molecule has 34 heavy (non-hydrogen) atoms. The number of sulfonamides is 1. The summed E-state index contributed by atoms with van der Waals surface area (Å²) in [5.74, 6) is 0.406. The molecule has 0 saturated carbocycles. The van der Waals surface area contributed by atoms with Gasteiger partial charge in [0.15, 0.2) is 0 Å². The lowest BCUT2D eigenvalue weighted by atomic mass is 9.93. The van der Waals surface area contributed by atoms with E-state index in [4.69, 9.17) is 4.74 Å². The van der Waals surface area contributed by atoms with Crippen molar-refractivity contribution in [2.75, 3.05) is 50.8 Å². The van der Waals surface area contributed by atoms with Gasteiger partial charge in [-0.15, -0.1) is 0 Å². The van der Waals surface area contributed by atoms with Gasteiger partial charge in [0.05, 0.1) is 23.0 Å². The molecule has 0 spiro atoms. The zero-order chi connectivity index (χ0) is 25.0. The molecule has 190 valence electrons. The molecule has 0 atom stereocenters. The molecule has 2 saturated heterocycles. The molecule has 1 aromatic rings. The second-order valence-corrected chi connectivity index (χ2v) is 11.6. The lowest BCUT2D eigenvalue weighted by Crippen LogP contribution is -2.46. The van der Waals surface area contributed by atoms with Crippen LogP contribution in [-0.2, 0) is 19.6 Å². The van der Waals surface area contributed by atoms with Crippen LogP contribution in [0.3, 0.4) is 0 Å². The van der Waals surface area contributed by atoms with Crippen LogP contribution in [0.1, 0.15) is 40.5 Å². The summed E-state index contributed by atoms with van der Waals surface area (Å²) in [7, 11) is -3.83. The number of carbonyl (C=O) groups excluding carboxylic acids is 1. The van der Waals surface area contributed by atoms with Gasteiger partial charge in [-0.2, -0.15) is 4.31 Å². The number of nitrogens with zero attached hydrogens (tertiary/aromatic N) is 4. The van der Waals surface area contributed by atoms with E-state index >= 15 is 0 Å². The van der Waals surface area contributed by atoms with E-state index in [9.17, 15) is 23.3 Å². The molecule has 0 N–H and O–H groups in total. The van der Waals surface area contributed by atoms with Crippen molar-refractivity contribution in [2.24, 2.45) is 11.8 Å². The van der Waals surface area contributed by atoms with E-state index in [-0.39, 0.29) is 41.5 Å². The number of rotatable bonds is 8. The number of carbonyl (C=O) groups is 1. The summed E-state index contributed by atoms with van der Waals surface area (Å²) < 4.78 is 32.4. The number of piperidine rings is 1. The van der Waals surface area contributed by atoms with Gasteiger partial charge in [0, 0.05) is 50.7 Å². The summed E-state index contributed by atoms with van der Waals surface area (Å²) in [6.45, 7) is 11.0. The molecule has 1 amide bonds. The number of anilines is 1. The number of ether oxygens (including phenoxy) is 1. The maximum atomic E-state index is 13.1. The van der Waals surface area contributed by atoms with Gasteiger partial charge in [0.1, 0.15) is 5.69 Å². The number of hydrogen-bond acceptors (Lipinski definition) is 7. The van der Waals surface area contributed by atoms with Crippen LogP contribution in [0, 0.1) is 22.0 Å². The molecule has 2 aliphatic rings. The number of nitro groups is 1. The topological polar surface area (TPSA) is 113 Å². The predicted octanol–water partition coefficient (Wildman–Crippen LogP) is 2.73. The molecule has 11 heteroatoms. The van der Waals surface area contributed by atoms with Crippen molar-refractivity contribution in [3.63, 3.8) is 0 Å². The Bertz CT molecular complexity index is 983. The maximum absolute atomic E-state index is 13.1. The van der Waals surface area contributed by atoms with Crippen LogP contribution in [0.5, 0.6) is 0 Å². The monoisotopic (exact) mass is 496 g/mol. The lowest BCUT2D eigenvalue weighted by molar-refractivity contribution is -0.384. The molecular weight excluding hydrogens is 460 g/mol. The molecule has 2 heterocycles. The normalized spacial score (nSPS) is 18.5. The fraction of sp³-hybridized carbons (Fsp3) is 0.696. The number of morpholine rings is 1. The van der Waals surface area contributed by atoms with Gasteiger partial charge in [0.2, 0.25) is 15.9 Å². The SMILES string of the molecule is CC(C)CN(C(=O)C1CCN(c2ccc(S(=O)(=O)N3CCOCC3)cc2[N+](=O)[O-])CC1)C(C)C. The van der Waals surface area contributed by atoms with Gasteiger partial charge in [-0.25, -0.2) is 8.42 Å². The minimum atomic E-state index is -3.83. The minimum absolute atomic E-state index is 0.0869. The van der Waals surface area contributed by atoms with Crippen molar-refractivity contribution in [1.29, 1.82) is 0 Å².